The van der Waals surface area contributed by atoms with Crippen LogP contribution in [0.5, 0.6) is 5.75 Å². The monoisotopic (exact) mass is 471 g/mol. The summed E-state index contributed by atoms with van der Waals surface area (Å²) in [5, 5.41) is 15.1. The quantitative estimate of drug-likeness (QED) is 0.241. The van der Waals surface area contributed by atoms with E-state index in [1.165, 1.54) is 12.1 Å². The highest BCUT2D eigenvalue weighted by molar-refractivity contribution is 7.80. The molecule has 3 heterocycles. The van der Waals surface area contributed by atoms with Crippen molar-refractivity contribution in [2.45, 2.75) is 12.1 Å². The maximum Gasteiger partial charge on any atom is 0.269 e. The number of nitro groups is 1. The summed E-state index contributed by atoms with van der Waals surface area (Å²) in [6.07, 6.45) is 3.71. The summed E-state index contributed by atoms with van der Waals surface area (Å²) >= 11 is 5.80. The summed E-state index contributed by atoms with van der Waals surface area (Å²) in [6.45, 7) is 0. The SMILES string of the molecule is COc1cccc(N2C(=S)N[C@@H](c3ccccn3)[C@@H]2c2cccn2-c2ccc([N+](=O)[O-])cc2)c1. The largest absolute Gasteiger partial charge is 0.497 e. The zero-order valence-electron chi connectivity index (χ0n) is 18.2. The average molecular weight is 472 g/mol. The lowest BCUT2D eigenvalue weighted by Gasteiger charge is -2.29. The summed E-state index contributed by atoms with van der Waals surface area (Å²) in [5.41, 5.74) is 3.56. The van der Waals surface area contributed by atoms with Gasteiger partial charge in [-0.05, 0) is 60.7 Å². The van der Waals surface area contributed by atoms with Gasteiger partial charge in [-0.2, -0.15) is 0 Å². The molecule has 8 nitrogen and oxygen atoms in total. The van der Waals surface area contributed by atoms with Gasteiger partial charge in [0.05, 0.1) is 23.8 Å². The number of thiocarbonyl (C=S) groups is 1. The van der Waals surface area contributed by atoms with Gasteiger partial charge in [-0.25, -0.2) is 0 Å². The molecule has 0 radical (unpaired) electrons. The van der Waals surface area contributed by atoms with Crippen molar-refractivity contribution in [3.05, 3.63) is 113 Å². The molecule has 0 amide bonds. The molecule has 1 aliphatic heterocycles. The Bertz CT molecular complexity index is 1340. The van der Waals surface area contributed by atoms with Crippen molar-refractivity contribution in [1.82, 2.24) is 14.9 Å². The van der Waals surface area contributed by atoms with Gasteiger partial charge in [0, 0.05) is 47.7 Å². The van der Waals surface area contributed by atoms with Crippen LogP contribution in [-0.2, 0) is 0 Å². The number of nitro benzene ring substituents is 1. The molecule has 9 heteroatoms. The van der Waals surface area contributed by atoms with E-state index in [1.54, 1.807) is 25.4 Å². The van der Waals surface area contributed by atoms with Crippen LogP contribution in [0.1, 0.15) is 23.5 Å². The van der Waals surface area contributed by atoms with Crippen LogP contribution in [0.3, 0.4) is 0 Å². The van der Waals surface area contributed by atoms with Crippen molar-refractivity contribution in [3.8, 4) is 11.4 Å². The van der Waals surface area contributed by atoms with E-state index in [0.29, 0.717) is 5.11 Å². The zero-order valence-corrected chi connectivity index (χ0v) is 19.1. The van der Waals surface area contributed by atoms with Gasteiger partial charge >= 0.3 is 0 Å². The molecular formula is C25H21N5O3S. The lowest BCUT2D eigenvalue weighted by Crippen LogP contribution is -2.30. The molecule has 0 aliphatic carbocycles. The van der Waals surface area contributed by atoms with Crippen LogP contribution in [0.2, 0.25) is 0 Å². The number of methoxy groups -OCH3 is 1. The summed E-state index contributed by atoms with van der Waals surface area (Å²) in [4.78, 5) is 17.4. The number of hydrogen-bond acceptors (Lipinski definition) is 5. The smallest absolute Gasteiger partial charge is 0.269 e. The van der Waals surface area contributed by atoms with Gasteiger partial charge in [-0.3, -0.25) is 15.1 Å². The van der Waals surface area contributed by atoms with Crippen LogP contribution in [0.25, 0.3) is 5.69 Å². The predicted molar refractivity (Wildman–Crippen MR) is 133 cm³/mol. The van der Waals surface area contributed by atoms with Crippen LogP contribution < -0.4 is 15.0 Å². The number of benzene rings is 2. The molecule has 170 valence electrons. The van der Waals surface area contributed by atoms with E-state index in [9.17, 15) is 10.1 Å². The van der Waals surface area contributed by atoms with Gasteiger partial charge in [0.15, 0.2) is 5.11 Å². The number of ether oxygens (including phenoxy) is 1. The van der Waals surface area contributed by atoms with E-state index in [0.717, 1.165) is 28.5 Å². The average Bonchev–Trinajstić information content (AvgIpc) is 3.49. The van der Waals surface area contributed by atoms with E-state index in [2.05, 4.69) is 15.2 Å². The van der Waals surface area contributed by atoms with Crippen LogP contribution in [0.4, 0.5) is 11.4 Å². The first-order valence-corrected chi connectivity index (χ1v) is 11.0. The fraction of sp³-hybridized carbons (Fsp3) is 0.120. The molecule has 4 aromatic rings. The van der Waals surface area contributed by atoms with Crippen LogP contribution >= 0.6 is 12.2 Å². The Morgan fingerprint density at radius 1 is 1.03 bits per heavy atom. The molecule has 0 bridgehead atoms. The van der Waals surface area contributed by atoms with Crippen molar-refractivity contribution in [2.24, 2.45) is 0 Å². The first-order chi connectivity index (χ1) is 16.6. The second-order valence-corrected chi connectivity index (χ2v) is 8.16. The van der Waals surface area contributed by atoms with Crippen LogP contribution in [-0.4, -0.2) is 26.7 Å². The highest BCUT2D eigenvalue weighted by Crippen LogP contribution is 2.42. The van der Waals surface area contributed by atoms with E-state index >= 15 is 0 Å². The van der Waals surface area contributed by atoms with Crippen molar-refractivity contribution in [1.29, 1.82) is 0 Å². The minimum Gasteiger partial charge on any atom is -0.497 e. The Kier molecular flexibility index (Phi) is 5.69. The lowest BCUT2D eigenvalue weighted by molar-refractivity contribution is -0.384. The minimum absolute atomic E-state index is 0.0468. The topological polar surface area (TPSA) is 85.5 Å². The molecule has 34 heavy (non-hydrogen) atoms. The van der Waals surface area contributed by atoms with Gasteiger partial charge in [-0.15, -0.1) is 0 Å². The van der Waals surface area contributed by atoms with Crippen molar-refractivity contribution in [2.75, 3.05) is 12.0 Å². The maximum atomic E-state index is 11.1. The Morgan fingerprint density at radius 2 is 1.85 bits per heavy atom. The van der Waals surface area contributed by atoms with E-state index in [4.69, 9.17) is 17.0 Å². The van der Waals surface area contributed by atoms with E-state index < -0.39 is 4.92 Å². The summed E-state index contributed by atoms with van der Waals surface area (Å²) in [7, 11) is 1.63. The van der Waals surface area contributed by atoms with Gasteiger partial charge in [0.1, 0.15) is 11.8 Å². The van der Waals surface area contributed by atoms with Crippen molar-refractivity contribution >= 4 is 28.7 Å². The van der Waals surface area contributed by atoms with Gasteiger partial charge < -0.3 is 19.5 Å². The third-order valence-corrected chi connectivity index (χ3v) is 6.17. The van der Waals surface area contributed by atoms with Crippen molar-refractivity contribution < 1.29 is 9.66 Å². The van der Waals surface area contributed by atoms with Gasteiger partial charge in [-0.1, -0.05) is 12.1 Å². The highest BCUT2D eigenvalue weighted by atomic mass is 32.1. The number of pyridine rings is 1. The lowest BCUT2D eigenvalue weighted by atomic mass is 10.0. The van der Waals surface area contributed by atoms with Crippen LogP contribution in [0, 0.1) is 10.1 Å². The summed E-state index contributed by atoms with van der Waals surface area (Å²) in [6, 6.07) is 23.6. The Balaban J connectivity index is 1.64. The molecule has 5 rings (SSSR count). The molecule has 2 aromatic heterocycles. The van der Waals surface area contributed by atoms with Gasteiger partial charge in [0.2, 0.25) is 0 Å². The molecule has 1 fully saturated rings. The molecule has 2 atom stereocenters. The third kappa shape index (κ3) is 3.86. The molecule has 1 saturated heterocycles. The fourth-order valence-corrected chi connectivity index (χ4v) is 4.64. The number of non-ortho nitro benzene ring substituents is 1. The second-order valence-electron chi connectivity index (χ2n) is 7.77. The normalized spacial score (nSPS) is 17.4. The van der Waals surface area contributed by atoms with Gasteiger partial charge in [0.25, 0.3) is 5.69 Å². The molecular weight excluding hydrogens is 450 g/mol. The molecule has 0 saturated carbocycles. The Labute approximate surface area is 201 Å². The molecule has 0 unspecified atom stereocenters. The standard InChI is InChI=1S/C25H21N5O3S/c1-33-20-7-4-6-19(16-20)29-24(23(27-25(29)34)21-8-2-3-14-26-21)22-9-5-15-28(22)17-10-12-18(13-11-17)30(31)32/h2-16,23-24H,1H3,(H,27,34)/t23-,24-/m0/s1. The predicted octanol–water partition coefficient (Wildman–Crippen LogP) is 4.97. The van der Waals surface area contributed by atoms with E-state index in [1.807, 2.05) is 65.4 Å². The number of rotatable bonds is 6. The Morgan fingerprint density at radius 3 is 2.56 bits per heavy atom. The van der Waals surface area contributed by atoms with Crippen LogP contribution in [0.15, 0.2) is 91.3 Å². The number of aromatic nitrogens is 2. The highest BCUT2D eigenvalue weighted by Gasteiger charge is 2.42. The number of anilines is 1. The first-order valence-electron chi connectivity index (χ1n) is 10.6. The minimum atomic E-state index is -0.401. The third-order valence-electron chi connectivity index (χ3n) is 5.85. The molecule has 1 N–H and O–H groups in total. The summed E-state index contributed by atoms with van der Waals surface area (Å²) < 4.78 is 7.47. The van der Waals surface area contributed by atoms with E-state index in [-0.39, 0.29) is 17.8 Å². The number of nitrogens with one attached hydrogen (secondary N) is 1. The first kappa shape index (κ1) is 21.6. The number of hydrogen-bond donors (Lipinski definition) is 1. The molecule has 2 aromatic carbocycles. The Hall–Kier alpha value is -4.24. The molecule has 1 aliphatic rings. The second kappa shape index (κ2) is 8.95. The number of nitrogens with zero attached hydrogens (tertiary/aromatic N) is 4. The molecule has 0 spiro atoms. The van der Waals surface area contributed by atoms with Crippen molar-refractivity contribution in [3.63, 3.8) is 0 Å². The maximum absolute atomic E-state index is 11.1. The zero-order chi connectivity index (χ0) is 23.7. The summed E-state index contributed by atoms with van der Waals surface area (Å²) in [5.74, 6) is 0.728. The fourth-order valence-electron chi connectivity index (χ4n) is 4.30.